The van der Waals surface area contributed by atoms with E-state index >= 15 is 0 Å². The van der Waals surface area contributed by atoms with Crippen LogP contribution in [0.2, 0.25) is 0 Å². The number of thiazole rings is 1. The van der Waals surface area contributed by atoms with Crippen molar-refractivity contribution in [1.82, 2.24) is 34.3 Å². The molecule has 83 heavy (non-hydrogen) atoms. The molecular weight excluding hydrogens is 1090 g/mol. The van der Waals surface area contributed by atoms with Gasteiger partial charge in [0.05, 0.1) is 17.7 Å². The zero-order chi connectivity index (χ0) is 62.6. The van der Waals surface area contributed by atoms with E-state index in [0.717, 1.165) is 39.4 Å². The summed E-state index contributed by atoms with van der Waals surface area (Å²) in [5, 5.41) is 14.5. The second kappa shape index (κ2) is 40.9. The molecular formula is C66H98N12O2S3. The molecule has 9 aromatic rings. The van der Waals surface area contributed by atoms with Gasteiger partial charge in [-0.05, 0) is 130 Å². The zero-order valence-corrected chi connectivity index (χ0v) is 55.1. The molecule has 0 aliphatic carbocycles. The molecule has 7 aromatic heterocycles. The topological polar surface area (TPSA) is 254 Å². The molecule has 0 spiro atoms. The molecule has 0 fully saturated rings. The van der Waals surface area contributed by atoms with E-state index in [1.54, 1.807) is 42.9 Å². The van der Waals surface area contributed by atoms with E-state index in [2.05, 4.69) is 187 Å². The van der Waals surface area contributed by atoms with E-state index in [-0.39, 0.29) is 0 Å². The molecule has 0 amide bonds. The number of nitrogens with zero attached hydrogens (tertiary/aromatic N) is 7. The van der Waals surface area contributed by atoms with E-state index in [1.807, 2.05) is 85.2 Å². The Balaban J connectivity index is 0.000000467. The highest BCUT2D eigenvalue weighted by molar-refractivity contribution is 7.13. The lowest BCUT2D eigenvalue weighted by Crippen LogP contribution is -1.99. The van der Waals surface area contributed by atoms with Gasteiger partial charge in [0, 0.05) is 45.9 Å². The van der Waals surface area contributed by atoms with Crippen molar-refractivity contribution in [3.63, 3.8) is 0 Å². The Hall–Kier alpha value is -7.21. The average Bonchev–Trinajstić information content (AvgIpc) is 4.32. The Kier molecular flexibility index (Phi) is 36.4. The summed E-state index contributed by atoms with van der Waals surface area (Å²) in [5.74, 6) is 8.35. The summed E-state index contributed by atoms with van der Waals surface area (Å²) in [4.78, 5) is 25.6. The van der Waals surface area contributed by atoms with Gasteiger partial charge in [0.2, 0.25) is 5.95 Å². The first kappa shape index (κ1) is 73.8. The summed E-state index contributed by atoms with van der Waals surface area (Å²) in [6, 6.07) is 37.2. The van der Waals surface area contributed by atoms with Gasteiger partial charge in [0.25, 0.3) is 0 Å². The van der Waals surface area contributed by atoms with Crippen molar-refractivity contribution in [2.75, 3.05) is 28.7 Å². The number of benzene rings is 2. The van der Waals surface area contributed by atoms with Crippen molar-refractivity contribution in [1.29, 1.82) is 0 Å². The highest BCUT2D eigenvalue weighted by Gasteiger charge is 2.05. The minimum Gasteiger partial charge on any atom is -0.508 e. The Morgan fingerprint density at radius 1 is 0.434 bits per heavy atom. The van der Waals surface area contributed by atoms with Crippen molar-refractivity contribution in [3.8, 4) is 5.75 Å². The van der Waals surface area contributed by atoms with Crippen molar-refractivity contribution in [3.05, 3.63) is 195 Å². The Bertz CT molecular complexity index is 2790. The molecule has 14 nitrogen and oxygen atoms in total. The molecule has 0 saturated carbocycles. The number of thiophene rings is 1. The van der Waals surface area contributed by atoms with Gasteiger partial charge in [0.1, 0.15) is 34.0 Å². The smallest absolute Gasteiger partial charge is 0.220 e. The Labute approximate surface area is 510 Å². The lowest BCUT2D eigenvalue weighted by molar-refractivity contribution is 0.475. The monoisotopic (exact) mass is 1190 g/mol. The first-order valence-electron chi connectivity index (χ1n) is 28.3. The number of hydrogen-bond acceptors (Lipinski definition) is 17. The van der Waals surface area contributed by atoms with Crippen molar-refractivity contribution in [2.45, 2.75) is 178 Å². The maximum Gasteiger partial charge on any atom is 0.220 e. The third-order valence-electron chi connectivity index (χ3n) is 11.4. The Morgan fingerprint density at radius 3 is 1.33 bits per heavy atom. The number of phenolic OH excluding ortho intramolecular Hbond substituents is 1. The highest BCUT2D eigenvalue weighted by atomic mass is 32.1. The van der Waals surface area contributed by atoms with Crippen LogP contribution in [0, 0.1) is 0 Å². The number of nitrogen functional groups attached to an aromatic ring is 5. The predicted octanol–water partition coefficient (Wildman–Crippen LogP) is 18.4. The molecule has 17 heteroatoms. The molecule has 0 unspecified atom stereocenters. The molecule has 0 saturated heterocycles. The third-order valence-corrected chi connectivity index (χ3v) is 13.9. The number of anilines is 5. The summed E-state index contributed by atoms with van der Waals surface area (Å²) in [6.45, 7) is 38.2. The van der Waals surface area contributed by atoms with Gasteiger partial charge < -0.3 is 38.2 Å². The largest absolute Gasteiger partial charge is 0.508 e. The van der Waals surface area contributed by atoms with Gasteiger partial charge in [-0.25, -0.2) is 29.9 Å². The molecule has 0 aliphatic heterocycles. The summed E-state index contributed by atoms with van der Waals surface area (Å²) in [6.07, 6.45) is 5.06. The lowest BCUT2D eigenvalue weighted by Gasteiger charge is -2.03. The van der Waals surface area contributed by atoms with Crippen LogP contribution < -0.4 is 28.7 Å². The average molecular weight is 1190 g/mol. The molecule has 9 rings (SSSR count). The molecule has 7 heterocycles. The molecule has 0 radical (unpaired) electrons. The molecule has 0 bridgehead atoms. The number of pyridine rings is 1. The summed E-state index contributed by atoms with van der Waals surface area (Å²) in [7, 11) is 0. The van der Waals surface area contributed by atoms with Crippen LogP contribution in [0.5, 0.6) is 5.75 Å². The summed E-state index contributed by atoms with van der Waals surface area (Å²) in [5.41, 5.74) is 34.1. The van der Waals surface area contributed by atoms with Crippen molar-refractivity contribution >= 4 is 61.9 Å². The molecule has 452 valence electrons. The van der Waals surface area contributed by atoms with E-state index in [4.69, 9.17) is 38.2 Å². The van der Waals surface area contributed by atoms with Gasteiger partial charge in [-0.2, -0.15) is 4.37 Å². The molecule has 0 atom stereocenters. The molecule has 2 aromatic carbocycles. The summed E-state index contributed by atoms with van der Waals surface area (Å²) >= 11 is 4.69. The van der Waals surface area contributed by atoms with E-state index in [1.165, 1.54) is 38.9 Å². The standard InChI is InChI=1S/C9H12O.C9H12.C8H12N2.2C7H11N3.C7H10O.C7H10S.2C6H10N2S/c1-7(2)8-3-5-9(10)6-4-8;1-8(2)9-6-4-3-5-7-9;1-6(2)7-4-3-5-8(9)10-7;1-5(2)7-9-4-3-6(8)10-7;1-5(2)6-3-4-9-7(8)10-6;2*1-6(2)7-4-3-5-8-7;1-4(2)5-3-9-6(7)8-5;1-4(2)5-3-6(7)9-8-5/h3-7,10H,1-2H3;3-8H,1-2H3;3-6H,1-2H3,(H2,9,10);2*3-5H,1-2H3,(H2,8,9,10);2*3-6H,1-2H3;3-4H,1-2H3,(H2,7,8);3-4H,7H2,1-2H3. The number of aromatic hydroxyl groups is 1. The first-order valence-corrected chi connectivity index (χ1v) is 30.9. The van der Waals surface area contributed by atoms with Crippen LogP contribution in [-0.4, -0.2) is 39.4 Å². The van der Waals surface area contributed by atoms with Crippen LogP contribution in [0.15, 0.2) is 149 Å². The fourth-order valence-electron chi connectivity index (χ4n) is 6.25. The zero-order valence-electron chi connectivity index (χ0n) is 52.7. The fraction of sp³-hybridized carbons (Fsp3) is 0.409. The lowest BCUT2D eigenvalue weighted by atomic mass is 10.0. The van der Waals surface area contributed by atoms with E-state index < -0.39 is 0 Å². The summed E-state index contributed by atoms with van der Waals surface area (Å²) < 4.78 is 9.23. The first-order chi connectivity index (χ1) is 39.1. The number of nitrogens with two attached hydrogens (primary N) is 5. The maximum atomic E-state index is 8.94. The molecule has 11 N–H and O–H groups in total. The van der Waals surface area contributed by atoms with E-state index in [9.17, 15) is 0 Å². The van der Waals surface area contributed by atoms with Gasteiger partial charge in [0.15, 0.2) is 5.13 Å². The normalized spacial score (nSPS) is 10.3. The number of rotatable bonds is 9. The van der Waals surface area contributed by atoms with Crippen molar-refractivity contribution < 1.29 is 9.52 Å². The van der Waals surface area contributed by atoms with Gasteiger partial charge >= 0.3 is 0 Å². The van der Waals surface area contributed by atoms with Gasteiger partial charge in [-0.15, -0.1) is 22.7 Å². The highest BCUT2D eigenvalue weighted by Crippen LogP contribution is 2.22. The maximum absolute atomic E-state index is 8.94. The predicted molar refractivity (Wildman–Crippen MR) is 359 cm³/mol. The van der Waals surface area contributed by atoms with Gasteiger partial charge in [-0.1, -0.05) is 179 Å². The minimum absolute atomic E-state index is 0.337. The van der Waals surface area contributed by atoms with Crippen LogP contribution in [0.25, 0.3) is 0 Å². The van der Waals surface area contributed by atoms with E-state index in [0.29, 0.717) is 81.7 Å². The number of hydrogen-bond donors (Lipinski definition) is 6. The van der Waals surface area contributed by atoms with Crippen LogP contribution in [0.3, 0.4) is 0 Å². The second-order valence-electron chi connectivity index (χ2n) is 21.9. The van der Waals surface area contributed by atoms with Gasteiger partial charge in [-0.3, -0.25) is 0 Å². The molecule has 0 aliphatic rings. The van der Waals surface area contributed by atoms with Crippen LogP contribution in [-0.2, 0) is 0 Å². The van der Waals surface area contributed by atoms with Crippen molar-refractivity contribution in [2.24, 2.45) is 0 Å². The number of aromatic nitrogens is 7. The quantitative estimate of drug-likeness (QED) is 0.0786. The SMILES string of the molecule is CC(C)c1cc(N)sn1.CC(C)c1ccc(O)cc1.CC(C)c1cccc(N)n1.CC(C)c1ccccc1.CC(C)c1ccco1.CC(C)c1cccs1.CC(C)c1ccnc(N)n1.CC(C)c1csc(N)n1.CC(C)c1nccc(N)n1. The minimum atomic E-state index is 0.337. The van der Waals surface area contributed by atoms with Crippen LogP contribution in [0.1, 0.15) is 228 Å². The number of phenols is 1. The van der Waals surface area contributed by atoms with Crippen LogP contribution in [0.4, 0.5) is 27.7 Å². The Morgan fingerprint density at radius 2 is 1.00 bits per heavy atom. The number of furan rings is 1. The second-order valence-corrected chi connectivity index (χ2v) is 24.6. The fourth-order valence-corrected chi connectivity index (χ4v) is 8.36. The van der Waals surface area contributed by atoms with Crippen LogP contribution >= 0.6 is 34.2 Å². The third kappa shape index (κ3) is 33.5.